The highest BCUT2D eigenvalue weighted by molar-refractivity contribution is 9.10. The molecule has 3 rings (SSSR count). The molecule has 2 aromatic rings. The SMILES string of the molecule is CC(=O)c1ccc(NC(=O)C(=O)N2CCC[C@@H]2c2cccc(Br)c2)cc1. The summed E-state index contributed by atoms with van der Waals surface area (Å²) in [6, 6.07) is 14.2. The predicted octanol–water partition coefficient (Wildman–Crippen LogP) is 3.95. The van der Waals surface area contributed by atoms with E-state index in [1.54, 1.807) is 29.2 Å². The van der Waals surface area contributed by atoms with Crippen LogP contribution in [0.3, 0.4) is 0 Å². The first-order chi connectivity index (χ1) is 12.5. The van der Waals surface area contributed by atoms with Crippen molar-refractivity contribution < 1.29 is 14.4 Å². The van der Waals surface area contributed by atoms with E-state index in [1.165, 1.54) is 6.92 Å². The smallest absolute Gasteiger partial charge is 0.313 e. The Hall–Kier alpha value is -2.47. The van der Waals surface area contributed by atoms with Crippen LogP contribution >= 0.6 is 15.9 Å². The number of hydrogen-bond acceptors (Lipinski definition) is 3. The first kappa shape index (κ1) is 18.3. The Bertz CT molecular complexity index is 848. The summed E-state index contributed by atoms with van der Waals surface area (Å²) in [6.07, 6.45) is 1.70. The zero-order valence-corrected chi connectivity index (χ0v) is 16.0. The van der Waals surface area contributed by atoms with E-state index >= 15 is 0 Å². The molecule has 0 aliphatic carbocycles. The van der Waals surface area contributed by atoms with Crippen LogP contribution in [0.4, 0.5) is 5.69 Å². The summed E-state index contributed by atoms with van der Waals surface area (Å²) >= 11 is 3.45. The molecule has 26 heavy (non-hydrogen) atoms. The molecule has 0 aromatic heterocycles. The van der Waals surface area contributed by atoms with Gasteiger partial charge in [-0.05, 0) is 61.7 Å². The van der Waals surface area contributed by atoms with Crippen LogP contribution in [0, 0.1) is 0 Å². The monoisotopic (exact) mass is 414 g/mol. The van der Waals surface area contributed by atoms with Crippen molar-refractivity contribution in [1.29, 1.82) is 0 Å². The van der Waals surface area contributed by atoms with Crippen LogP contribution in [0.15, 0.2) is 53.0 Å². The summed E-state index contributed by atoms with van der Waals surface area (Å²) in [5, 5.41) is 2.62. The van der Waals surface area contributed by atoms with Crippen molar-refractivity contribution >= 4 is 39.2 Å². The highest BCUT2D eigenvalue weighted by Crippen LogP contribution is 2.33. The van der Waals surface area contributed by atoms with E-state index in [1.807, 2.05) is 24.3 Å². The van der Waals surface area contributed by atoms with Crippen molar-refractivity contribution in [3.63, 3.8) is 0 Å². The Labute approximate surface area is 160 Å². The second kappa shape index (κ2) is 7.83. The number of likely N-dealkylation sites (tertiary alicyclic amines) is 1. The lowest BCUT2D eigenvalue weighted by Crippen LogP contribution is -2.39. The van der Waals surface area contributed by atoms with Gasteiger partial charge in [-0.2, -0.15) is 0 Å². The zero-order chi connectivity index (χ0) is 18.7. The van der Waals surface area contributed by atoms with Crippen LogP contribution in [0.25, 0.3) is 0 Å². The highest BCUT2D eigenvalue weighted by atomic mass is 79.9. The number of Topliss-reactive ketones (excluding diaryl/α,β-unsaturated/α-hetero) is 1. The number of amides is 2. The van der Waals surface area contributed by atoms with Gasteiger partial charge in [-0.15, -0.1) is 0 Å². The molecule has 5 nitrogen and oxygen atoms in total. The molecular formula is C20H19BrN2O3. The van der Waals surface area contributed by atoms with Crippen LogP contribution in [-0.2, 0) is 9.59 Å². The van der Waals surface area contributed by atoms with Crippen LogP contribution in [-0.4, -0.2) is 29.0 Å². The third kappa shape index (κ3) is 4.02. The van der Waals surface area contributed by atoms with Gasteiger partial charge in [0, 0.05) is 22.3 Å². The van der Waals surface area contributed by atoms with Crippen molar-refractivity contribution in [2.75, 3.05) is 11.9 Å². The molecule has 1 aliphatic rings. The Kier molecular flexibility index (Phi) is 5.52. The molecule has 1 heterocycles. The minimum atomic E-state index is -0.664. The minimum absolute atomic E-state index is 0.0483. The molecule has 1 fully saturated rings. The number of nitrogens with zero attached hydrogens (tertiary/aromatic N) is 1. The van der Waals surface area contributed by atoms with E-state index < -0.39 is 11.8 Å². The molecule has 2 aromatic carbocycles. The van der Waals surface area contributed by atoms with Gasteiger partial charge in [0.25, 0.3) is 0 Å². The molecule has 0 saturated carbocycles. The molecule has 1 aliphatic heterocycles. The molecule has 0 unspecified atom stereocenters. The Morgan fingerprint density at radius 1 is 1.12 bits per heavy atom. The predicted molar refractivity (Wildman–Crippen MR) is 103 cm³/mol. The molecule has 0 bridgehead atoms. The largest absolute Gasteiger partial charge is 0.327 e. The maximum absolute atomic E-state index is 12.6. The summed E-state index contributed by atoms with van der Waals surface area (Å²) in [7, 11) is 0. The minimum Gasteiger partial charge on any atom is -0.327 e. The maximum atomic E-state index is 12.6. The summed E-state index contributed by atoms with van der Waals surface area (Å²) in [5.74, 6) is -1.25. The lowest BCUT2D eigenvalue weighted by molar-refractivity contribution is -0.143. The maximum Gasteiger partial charge on any atom is 0.313 e. The molecule has 134 valence electrons. The fraction of sp³-hybridized carbons (Fsp3) is 0.250. The van der Waals surface area contributed by atoms with Crippen molar-refractivity contribution in [3.8, 4) is 0 Å². The van der Waals surface area contributed by atoms with Gasteiger partial charge < -0.3 is 10.2 Å². The van der Waals surface area contributed by atoms with E-state index in [-0.39, 0.29) is 11.8 Å². The van der Waals surface area contributed by atoms with Crippen molar-refractivity contribution in [2.45, 2.75) is 25.8 Å². The second-order valence-corrected chi connectivity index (χ2v) is 7.21. The molecule has 2 amide bonds. The van der Waals surface area contributed by atoms with Gasteiger partial charge in [-0.1, -0.05) is 28.1 Å². The quantitative estimate of drug-likeness (QED) is 0.610. The number of carbonyl (C=O) groups is 3. The van der Waals surface area contributed by atoms with Gasteiger partial charge in [-0.3, -0.25) is 14.4 Å². The Morgan fingerprint density at radius 2 is 1.85 bits per heavy atom. The fourth-order valence-corrected chi connectivity index (χ4v) is 3.59. The third-order valence-corrected chi connectivity index (χ3v) is 4.98. The van der Waals surface area contributed by atoms with Crippen molar-refractivity contribution in [2.24, 2.45) is 0 Å². The number of halogens is 1. The van der Waals surface area contributed by atoms with Gasteiger partial charge in [0.05, 0.1) is 6.04 Å². The first-order valence-electron chi connectivity index (χ1n) is 8.44. The summed E-state index contributed by atoms with van der Waals surface area (Å²) in [5.41, 5.74) is 2.07. The van der Waals surface area contributed by atoms with Crippen molar-refractivity contribution in [3.05, 3.63) is 64.1 Å². The van der Waals surface area contributed by atoms with E-state index in [9.17, 15) is 14.4 Å². The summed E-state index contributed by atoms with van der Waals surface area (Å²) in [6.45, 7) is 2.04. The number of hydrogen-bond donors (Lipinski definition) is 1. The van der Waals surface area contributed by atoms with E-state index in [0.717, 1.165) is 22.9 Å². The van der Waals surface area contributed by atoms with Gasteiger partial charge in [0.1, 0.15) is 0 Å². The van der Waals surface area contributed by atoms with Crippen LogP contribution in [0.5, 0.6) is 0 Å². The molecule has 0 spiro atoms. The van der Waals surface area contributed by atoms with Gasteiger partial charge in [-0.25, -0.2) is 0 Å². The topological polar surface area (TPSA) is 66.5 Å². The van der Waals surface area contributed by atoms with E-state index in [4.69, 9.17) is 0 Å². The van der Waals surface area contributed by atoms with Gasteiger partial charge in [0.2, 0.25) is 0 Å². The molecule has 1 atom stereocenters. The van der Waals surface area contributed by atoms with Crippen LogP contribution in [0.1, 0.15) is 41.7 Å². The van der Waals surface area contributed by atoms with Crippen LogP contribution < -0.4 is 5.32 Å². The number of rotatable bonds is 3. The average Bonchev–Trinajstić information content (AvgIpc) is 3.11. The molecule has 0 radical (unpaired) electrons. The first-order valence-corrected chi connectivity index (χ1v) is 9.23. The van der Waals surface area contributed by atoms with Crippen molar-refractivity contribution in [1.82, 2.24) is 4.90 Å². The Morgan fingerprint density at radius 3 is 2.50 bits per heavy atom. The number of ketones is 1. The average molecular weight is 415 g/mol. The Balaban J connectivity index is 1.71. The number of anilines is 1. The molecular weight excluding hydrogens is 396 g/mol. The number of benzene rings is 2. The van der Waals surface area contributed by atoms with Gasteiger partial charge >= 0.3 is 11.8 Å². The summed E-state index contributed by atoms with van der Waals surface area (Å²) < 4.78 is 0.948. The molecule has 1 saturated heterocycles. The molecule has 1 N–H and O–H groups in total. The fourth-order valence-electron chi connectivity index (χ4n) is 3.17. The van der Waals surface area contributed by atoms with Crippen LogP contribution in [0.2, 0.25) is 0 Å². The lowest BCUT2D eigenvalue weighted by atomic mass is 10.0. The standard InChI is InChI=1S/C20H19BrN2O3/c1-13(24)14-7-9-17(10-8-14)22-19(25)20(26)23-11-3-6-18(23)15-4-2-5-16(21)12-15/h2,4-5,7-10,12,18H,3,6,11H2,1H3,(H,22,25)/t18-/m1/s1. The van der Waals surface area contributed by atoms with E-state index in [2.05, 4.69) is 21.2 Å². The highest BCUT2D eigenvalue weighted by Gasteiger charge is 2.33. The van der Waals surface area contributed by atoms with Gasteiger partial charge in [0.15, 0.2) is 5.78 Å². The molecule has 6 heteroatoms. The summed E-state index contributed by atoms with van der Waals surface area (Å²) in [4.78, 5) is 38.0. The van der Waals surface area contributed by atoms with E-state index in [0.29, 0.717) is 17.8 Å². The number of carbonyl (C=O) groups excluding carboxylic acids is 3. The zero-order valence-electron chi connectivity index (χ0n) is 14.4. The third-order valence-electron chi connectivity index (χ3n) is 4.49. The lowest BCUT2D eigenvalue weighted by Gasteiger charge is -2.24. The second-order valence-electron chi connectivity index (χ2n) is 6.30. The number of nitrogens with one attached hydrogen (secondary N) is 1. The normalized spacial score (nSPS) is 16.4.